The third-order valence-electron chi connectivity index (χ3n) is 2.66. The molecule has 0 atom stereocenters. The van der Waals surface area contributed by atoms with Gasteiger partial charge in [-0.3, -0.25) is 4.72 Å². The SMILES string of the molecule is Cc1oc(CN)cc1S(=O)(=O)Nc1c(F)cc(F)cc1F. The van der Waals surface area contributed by atoms with Gasteiger partial charge in [0.25, 0.3) is 10.0 Å². The summed E-state index contributed by atoms with van der Waals surface area (Å²) in [7, 11) is -4.29. The molecule has 1 aromatic carbocycles. The molecule has 1 heterocycles. The van der Waals surface area contributed by atoms with Crippen LogP contribution in [-0.2, 0) is 16.6 Å². The molecule has 0 spiro atoms. The predicted octanol–water partition coefficient (Wildman–Crippen LogP) is 2.26. The van der Waals surface area contributed by atoms with E-state index in [0.717, 1.165) is 6.07 Å². The van der Waals surface area contributed by atoms with Gasteiger partial charge in [-0.05, 0) is 6.92 Å². The van der Waals surface area contributed by atoms with Gasteiger partial charge in [0.1, 0.15) is 27.9 Å². The molecular formula is C12H11F3N2O3S. The van der Waals surface area contributed by atoms with Crippen molar-refractivity contribution in [3.8, 4) is 0 Å². The zero-order chi connectivity index (χ0) is 15.8. The van der Waals surface area contributed by atoms with Gasteiger partial charge in [0.15, 0.2) is 11.6 Å². The molecule has 0 saturated carbocycles. The van der Waals surface area contributed by atoms with Crippen molar-refractivity contribution in [2.45, 2.75) is 18.4 Å². The Labute approximate surface area is 118 Å². The summed E-state index contributed by atoms with van der Waals surface area (Å²) in [4.78, 5) is -0.300. The number of anilines is 1. The molecule has 0 aliphatic carbocycles. The first-order chi connectivity index (χ1) is 9.74. The standard InChI is InChI=1S/C12H11F3N2O3S/c1-6-11(4-8(5-16)20-6)21(18,19)17-12-9(14)2-7(13)3-10(12)15/h2-4,17H,5,16H2,1H3. The van der Waals surface area contributed by atoms with Crippen LogP contribution in [0.4, 0.5) is 18.9 Å². The first-order valence-corrected chi connectivity index (χ1v) is 7.19. The number of rotatable bonds is 4. The number of sulfonamides is 1. The minimum atomic E-state index is -4.29. The van der Waals surface area contributed by atoms with Crippen molar-refractivity contribution >= 4 is 15.7 Å². The number of furan rings is 1. The minimum absolute atomic E-state index is 0.0193. The van der Waals surface area contributed by atoms with Crippen molar-refractivity contribution in [2.24, 2.45) is 5.73 Å². The maximum Gasteiger partial charge on any atom is 0.265 e. The lowest BCUT2D eigenvalue weighted by Crippen LogP contribution is -2.15. The Bertz CT molecular complexity index is 764. The number of benzene rings is 1. The van der Waals surface area contributed by atoms with E-state index in [9.17, 15) is 21.6 Å². The van der Waals surface area contributed by atoms with E-state index in [4.69, 9.17) is 10.2 Å². The van der Waals surface area contributed by atoms with Gasteiger partial charge in [0.2, 0.25) is 0 Å². The number of nitrogens with two attached hydrogens (primary N) is 1. The summed E-state index contributed by atoms with van der Waals surface area (Å²) in [6.45, 7) is 1.33. The topological polar surface area (TPSA) is 85.3 Å². The van der Waals surface area contributed by atoms with Crippen molar-refractivity contribution in [3.63, 3.8) is 0 Å². The highest BCUT2D eigenvalue weighted by Crippen LogP contribution is 2.26. The molecule has 0 aliphatic rings. The Balaban J connectivity index is 2.44. The van der Waals surface area contributed by atoms with Gasteiger partial charge < -0.3 is 10.2 Å². The highest BCUT2D eigenvalue weighted by Gasteiger charge is 2.24. The maximum atomic E-state index is 13.5. The van der Waals surface area contributed by atoms with Gasteiger partial charge >= 0.3 is 0 Å². The number of halogens is 3. The molecule has 0 fully saturated rings. The first-order valence-electron chi connectivity index (χ1n) is 5.71. The Morgan fingerprint density at radius 3 is 2.24 bits per heavy atom. The predicted molar refractivity (Wildman–Crippen MR) is 68.5 cm³/mol. The lowest BCUT2D eigenvalue weighted by atomic mass is 10.3. The average Bonchev–Trinajstić information content (AvgIpc) is 2.76. The fourth-order valence-electron chi connectivity index (χ4n) is 1.72. The van der Waals surface area contributed by atoms with Gasteiger partial charge in [-0.15, -0.1) is 0 Å². The summed E-state index contributed by atoms with van der Waals surface area (Å²) < 4.78 is 70.8. The summed E-state index contributed by atoms with van der Waals surface area (Å²) in [5, 5.41) is 0. The summed E-state index contributed by atoms with van der Waals surface area (Å²) >= 11 is 0. The van der Waals surface area contributed by atoms with E-state index in [1.54, 1.807) is 4.72 Å². The lowest BCUT2D eigenvalue weighted by Gasteiger charge is -2.09. The molecule has 0 unspecified atom stereocenters. The van der Waals surface area contributed by atoms with Crippen molar-refractivity contribution in [1.82, 2.24) is 0 Å². The Morgan fingerprint density at radius 1 is 1.19 bits per heavy atom. The van der Waals surface area contributed by atoms with E-state index < -0.39 is 33.2 Å². The Morgan fingerprint density at radius 2 is 1.76 bits per heavy atom. The average molecular weight is 320 g/mol. The van der Waals surface area contributed by atoms with Crippen LogP contribution in [0.5, 0.6) is 0 Å². The van der Waals surface area contributed by atoms with Crippen LogP contribution in [0.1, 0.15) is 11.5 Å². The second-order valence-corrected chi connectivity index (χ2v) is 5.84. The van der Waals surface area contributed by atoms with Crippen LogP contribution >= 0.6 is 0 Å². The number of hydrogen-bond acceptors (Lipinski definition) is 4. The molecule has 0 bridgehead atoms. The number of aryl methyl sites for hydroxylation is 1. The van der Waals surface area contributed by atoms with Crippen molar-refractivity contribution in [3.05, 3.63) is 47.2 Å². The summed E-state index contributed by atoms with van der Waals surface area (Å²) in [6, 6.07) is 1.89. The number of hydrogen-bond donors (Lipinski definition) is 2. The molecule has 2 aromatic rings. The lowest BCUT2D eigenvalue weighted by molar-refractivity contribution is 0.479. The molecule has 0 aliphatic heterocycles. The molecular weight excluding hydrogens is 309 g/mol. The molecule has 0 amide bonds. The number of nitrogens with one attached hydrogen (secondary N) is 1. The van der Waals surface area contributed by atoms with Gasteiger partial charge in [-0.1, -0.05) is 0 Å². The fraction of sp³-hybridized carbons (Fsp3) is 0.167. The van der Waals surface area contributed by atoms with Crippen LogP contribution < -0.4 is 10.5 Å². The van der Waals surface area contributed by atoms with Crippen LogP contribution in [0, 0.1) is 24.4 Å². The van der Waals surface area contributed by atoms with E-state index in [1.165, 1.54) is 6.92 Å². The highest BCUT2D eigenvalue weighted by molar-refractivity contribution is 7.92. The quantitative estimate of drug-likeness (QED) is 0.905. The van der Waals surface area contributed by atoms with E-state index in [1.807, 2.05) is 0 Å². The third-order valence-corrected chi connectivity index (χ3v) is 4.11. The van der Waals surface area contributed by atoms with E-state index >= 15 is 0 Å². The highest BCUT2D eigenvalue weighted by atomic mass is 32.2. The summed E-state index contributed by atoms with van der Waals surface area (Å²) in [5.41, 5.74) is 4.36. The Hall–Kier alpha value is -2.00. The minimum Gasteiger partial charge on any atom is -0.464 e. The van der Waals surface area contributed by atoms with Crippen LogP contribution in [0.25, 0.3) is 0 Å². The zero-order valence-electron chi connectivity index (χ0n) is 10.8. The Kier molecular flexibility index (Phi) is 3.97. The monoisotopic (exact) mass is 320 g/mol. The smallest absolute Gasteiger partial charge is 0.265 e. The van der Waals surface area contributed by atoms with Crippen LogP contribution in [0.2, 0.25) is 0 Å². The van der Waals surface area contributed by atoms with E-state index in [2.05, 4.69) is 0 Å². The molecule has 9 heteroatoms. The third kappa shape index (κ3) is 3.03. The molecule has 0 radical (unpaired) electrons. The molecule has 114 valence electrons. The van der Waals surface area contributed by atoms with Crippen molar-refractivity contribution < 1.29 is 26.0 Å². The van der Waals surface area contributed by atoms with Crippen LogP contribution in [-0.4, -0.2) is 8.42 Å². The van der Waals surface area contributed by atoms with Crippen LogP contribution in [0.15, 0.2) is 27.5 Å². The summed E-state index contributed by atoms with van der Waals surface area (Å²) in [5.74, 6) is -3.66. The normalized spacial score (nSPS) is 11.7. The fourth-order valence-corrected chi connectivity index (χ4v) is 3.00. The first kappa shape index (κ1) is 15.4. The van der Waals surface area contributed by atoms with Crippen LogP contribution in [0.3, 0.4) is 0 Å². The second-order valence-electron chi connectivity index (χ2n) is 4.19. The molecule has 0 saturated heterocycles. The molecule has 21 heavy (non-hydrogen) atoms. The molecule has 2 rings (SSSR count). The van der Waals surface area contributed by atoms with Crippen molar-refractivity contribution in [2.75, 3.05) is 4.72 Å². The zero-order valence-corrected chi connectivity index (χ0v) is 11.6. The van der Waals surface area contributed by atoms with Gasteiger partial charge in [-0.2, -0.15) is 0 Å². The van der Waals surface area contributed by atoms with Gasteiger partial charge in [-0.25, -0.2) is 21.6 Å². The van der Waals surface area contributed by atoms with Gasteiger partial charge in [0.05, 0.1) is 6.54 Å². The van der Waals surface area contributed by atoms with E-state index in [-0.39, 0.29) is 23.0 Å². The maximum absolute atomic E-state index is 13.5. The summed E-state index contributed by atoms with van der Waals surface area (Å²) in [6.07, 6.45) is 0. The van der Waals surface area contributed by atoms with Crippen molar-refractivity contribution in [1.29, 1.82) is 0 Å². The molecule has 1 aromatic heterocycles. The molecule has 5 nitrogen and oxygen atoms in total. The largest absolute Gasteiger partial charge is 0.464 e. The van der Waals surface area contributed by atoms with Gasteiger partial charge in [0, 0.05) is 18.2 Å². The molecule has 3 N–H and O–H groups in total. The van der Waals surface area contributed by atoms with E-state index in [0.29, 0.717) is 12.1 Å². The second kappa shape index (κ2) is 5.41.